The van der Waals surface area contributed by atoms with E-state index < -0.39 is 18.4 Å². The second-order valence-corrected chi connectivity index (χ2v) is 7.34. The summed E-state index contributed by atoms with van der Waals surface area (Å²) in [6, 6.07) is 7.57. The molecule has 5 nitrogen and oxygen atoms in total. The molecule has 0 radical (unpaired) electrons. The number of furan rings is 1. The van der Waals surface area contributed by atoms with Crippen LogP contribution >= 0.6 is 11.8 Å². The number of hydrogen-bond acceptors (Lipinski definition) is 4. The average molecular weight is 347 g/mol. The van der Waals surface area contributed by atoms with Crippen LogP contribution in [-0.4, -0.2) is 28.8 Å². The number of para-hydroxylation sites is 1. The maximum Gasteiger partial charge on any atom is 0.322 e. The van der Waals surface area contributed by atoms with Gasteiger partial charge in [0.1, 0.15) is 12.1 Å². The number of aliphatic carboxylic acids is 1. The molecule has 0 aliphatic heterocycles. The summed E-state index contributed by atoms with van der Waals surface area (Å²) >= 11 is 1.87. The highest BCUT2D eigenvalue weighted by atomic mass is 32.2. The van der Waals surface area contributed by atoms with Gasteiger partial charge in [-0.25, -0.2) is 0 Å². The highest BCUT2D eigenvalue weighted by molar-refractivity contribution is 7.99. The van der Waals surface area contributed by atoms with Crippen molar-refractivity contribution in [2.45, 2.75) is 43.1 Å². The van der Waals surface area contributed by atoms with E-state index in [-0.39, 0.29) is 5.76 Å². The Hall–Kier alpha value is -1.95. The third kappa shape index (κ3) is 3.93. The van der Waals surface area contributed by atoms with E-state index in [1.807, 2.05) is 36.0 Å². The second kappa shape index (κ2) is 7.75. The van der Waals surface area contributed by atoms with Gasteiger partial charge in [0.2, 0.25) is 0 Å². The predicted molar refractivity (Wildman–Crippen MR) is 94.4 cm³/mol. The number of hydrogen-bond donors (Lipinski definition) is 2. The zero-order valence-electron chi connectivity index (χ0n) is 13.4. The summed E-state index contributed by atoms with van der Waals surface area (Å²) in [4.78, 5) is 23.0. The molecule has 1 aromatic carbocycles. The molecule has 3 rings (SSSR count). The number of carboxylic acid groups (broad SMARTS) is 1. The zero-order chi connectivity index (χ0) is 16.9. The molecule has 6 heteroatoms. The number of carbonyl (C=O) groups excluding carboxylic acids is 1. The van der Waals surface area contributed by atoms with Crippen molar-refractivity contribution >= 4 is 34.6 Å². The fourth-order valence-electron chi connectivity index (χ4n) is 3.09. The van der Waals surface area contributed by atoms with Crippen molar-refractivity contribution in [1.29, 1.82) is 0 Å². The third-order valence-corrected chi connectivity index (χ3v) is 5.72. The molecule has 1 aliphatic carbocycles. The van der Waals surface area contributed by atoms with Crippen molar-refractivity contribution in [2.24, 2.45) is 0 Å². The molecule has 1 amide bonds. The maximum absolute atomic E-state index is 12.3. The first-order valence-electron chi connectivity index (χ1n) is 8.27. The summed E-state index contributed by atoms with van der Waals surface area (Å²) in [5, 5.41) is 12.7. The van der Waals surface area contributed by atoms with Crippen molar-refractivity contribution in [1.82, 2.24) is 5.32 Å². The molecule has 0 unspecified atom stereocenters. The number of thioether (sulfide) groups is 1. The standard InChI is InChI=1S/C18H21NO4S/c20-16(21)10-19-18(22)17-14(11-24-12-6-2-1-3-7-12)13-8-4-5-9-15(13)23-17/h4-5,8-9,12H,1-3,6-7,10-11H2,(H,19,22)(H,20,21). The molecule has 24 heavy (non-hydrogen) atoms. The minimum absolute atomic E-state index is 0.237. The summed E-state index contributed by atoms with van der Waals surface area (Å²) in [5.74, 6) is -0.594. The van der Waals surface area contributed by atoms with Gasteiger partial charge in [-0.3, -0.25) is 9.59 Å². The third-order valence-electron chi connectivity index (χ3n) is 4.32. The first-order chi connectivity index (χ1) is 11.6. The van der Waals surface area contributed by atoms with Crippen LogP contribution in [0.25, 0.3) is 11.0 Å². The summed E-state index contributed by atoms with van der Waals surface area (Å²) in [6.07, 6.45) is 6.31. The number of nitrogens with one attached hydrogen (secondary N) is 1. The van der Waals surface area contributed by atoms with Gasteiger partial charge in [-0.1, -0.05) is 37.5 Å². The molecule has 0 bridgehead atoms. The van der Waals surface area contributed by atoms with Gasteiger partial charge in [0.05, 0.1) is 0 Å². The fourth-order valence-corrected chi connectivity index (χ4v) is 4.45. The smallest absolute Gasteiger partial charge is 0.322 e. The van der Waals surface area contributed by atoms with Gasteiger partial charge in [0.25, 0.3) is 5.91 Å². The first kappa shape index (κ1) is 16.9. The van der Waals surface area contributed by atoms with E-state index in [1.165, 1.54) is 32.1 Å². The van der Waals surface area contributed by atoms with Crippen molar-refractivity contribution in [3.63, 3.8) is 0 Å². The molecule has 0 spiro atoms. The lowest BCUT2D eigenvalue weighted by molar-refractivity contribution is -0.135. The fraction of sp³-hybridized carbons (Fsp3) is 0.444. The van der Waals surface area contributed by atoms with Crippen LogP contribution in [0.1, 0.15) is 48.2 Å². The molecule has 1 aromatic heterocycles. The van der Waals surface area contributed by atoms with Crippen molar-refractivity contribution in [3.05, 3.63) is 35.6 Å². The van der Waals surface area contributed by atoms with E-state index in [9.17, 15) is 9.59 Å². The average Bonchev–Trinajstić information content (AvgIpc) is 2.97. The summed E-state index contributed by atoms with van der Waals surface area (Å²) in [6.45, 7) is -0.412. The molecular formula is C18H21NO4S. The minimum Gasteiger partial charge on any atom is -0.480 e. The molecular weight excluding hydrogens is 326 g/mol. The van der Waals surface area contributed by atoms with E-state index >= 15 is 0 Å². The largest absolute Gasteiger partial charge is 0.480 e. The molecule has 1 saturated carbocycles. The molecule has 2 aromatic rings. The van der Waals surface area contributed by atoms with Gasteiger partial charge >= 0.3 is 5.97 Å². The topological polar surface area (TPSA) is 79.5 Å². The Morgan fingerprint density at radius 1 is 1.21 bits per heavy atom. The number of benzene rings is 1. The number of amides is 1. The number of carboxylic acids is 1. The van der Waals surface area contributed by atoms with Crippen LogP contribution in [0.15, 0.2) is 28.7 Å². The van der Waals surface area contributed by atoms with Crippen molar-refractivity contribution < 1.29 is 19.1 Å². The SMILES string of the molecule is O=C(O)CNC(=O)c1oc2ccccc2c1CSC1CCCCC1. The van der Waals surface area contributed by atoms with E-state index in [1.54, 1.807) is 0 Å². The van der Waals surface area contributed by atoms with Crippen molar-refractivity contribution in [3.8, 4) is 0 Å². The number of carbonyl (C=O) groups is 2. The minimum atomic E-state index is -1.07. The Morgan fingerprint density at radius 2 is 1.96 bits per heavy atom. The van der Waals surface area contributed by atoms with Crippen LogP contribution in [0, 0.1) is 0 Å². The second-order valence-electron chi connectivity index (χ2n) is 6.05. The molecule has 1 heterocycles. The quantitative estimate of drug-likeness (QED) is 0.830. The Kier molecular flexibility index (Phi) is 5.45. The lowest BCUT2D eigenvalue weighted by Crippen LogP contribution is -2.29. The molecule has 1 fully saturated rings. The van der Waals surface area contributed by atoms with Crippen LogP contribution in [0.4, 0.5) is 0 Å². The van der Waals surface area contributed by atoms with E-state index in [0.29, 0.717) is 16.6 Å². The van der Waals surface area contributed by atoms with E-state index in [4.69, 9.17) is 9.52 Å². The van der Waals surface area contributed by atoms with Gasteiger partial charge in [0.15, 0.2) is 5.76 Å². The van der Waals surface area contributed by atoms with Crippen LogP contribution < -0.4 is 5.32 Å². The van der Waals surface area contributed by atoms with Gasteiger partial charge in [-0.05, 0) is 18.9 Å². The number of fused-ring (bicyclic) bond motifs is 1. The number of rotatable bonds is 6. The molecule has 0 saturated heterocycles. The Morgan fingerprint density at radius 3 is 2.71 bits per heavy atom. The Balaban J connectivity index is 1.81. The van der Waals surface area contributed by atoms with Crippen molar-refractivity contribution in [2.75, 3.05) is 6.54 Å². The van der Waals surface area contributed by atoms with Crippen LogP contribution in [-0.2, 0) is 10.5 Å². The molecule has 128 valence electrons. The van der Waals surface area contributed by atoms with Gasteiger partial charge in [0, 0.05) is 22.0 Å². The highest BCUT2D eigenvalue weighted by Gasteiger charge is 2.22. The van der Waals surface area contributed by atoms with Gasteiger partial charge < -0.3 is 14.8 Å². The van der Waals surface area contributed by atoms with Gasteiger partial charge in [-0.2, -0.15) is 11.8 Å². The highest BCUT2D eigenvalue weighted by Crippen LogP contribution is 2.34. The maximum atomic E-state index is 12.3. The summed E-state index contributed by atoms with van der Waals surface area (Å²) in [5.41, 5.74) is 1.53. The van der Waals surface area contributed by atoms with Gasteiger partial charge in [-0.15, -0.1) is 0 Å². The summed E-state index contributed by atoms with van der Waals surface area (Å²) in [7, 11) is 0. The first-order valence-corrected chi connectivity index (χ1v) is 9.32. The van der Waals surface area contributed by atoms with Crippen LogP contribution in [0.2, 0.25) is 0 Å². The van der Waals surface area contributed by atoms with Crippen LogP contribution in [0.3, 0.4) is 0 Å². The van der Waals surface area contributed by atoms with E-state index in [0.717, 1.165) is 10.9 Å². The Labute approximate surface area is 144 Å². The lowest BCUT2D eigenvalue weighted by atomic mass is 10.0. The molecule has 2 N–H and O–H groups in total. The lowest BCUT2D eigenvalue weighted by Gasteiger charge is -2.20. The zero-order valence-corrected chi connectivity index (χ0v) is 14.2. The summed E-state index contributed by atoms with van der Waals surface area (Å²) < 4.78 is 5.71. The molecule has 1 aliphatic rings. The molecule has 0 atom stereocenters. The van der Waals surface area contributed by atoms with E-state index in [2.05, 4.69) is 5.32 Å². The Bertz CT molecular complexity index is 734. The predicted octanol–water partition coefficient (Wildman–Crippen LogP) is 3.81. The van der Waals surface area contributed by atoms with Crippen LogP contribution in [0.5, 0.6) is 0 Å². The normalized spacial score (nSPS) is 15.5. The monoisotopic (exact) mass is 347 g/mol.